The van der Waals surface area contributed by atoms with Gasteiger partial charge in [0.25, 0.3) is 0 Å². The van der Waals surface area contributed by atoms with Gasteiger partial charge in [0, 0.05) is 20.3 Å². The van der Waals surface area contributed by atoms with Gasteiger partial charge in [0.05, 0.1) is 12.1 Å². The molecule has 0 aromatic rings. The van der Waals surface area contributed by atoms with Crippen LogP contribution in [-0.4, -0.2) is 62.0 Å². The first-order valence-electron chi connectivity index (χ1n) is 8.31. The number of aliphatic hydroxyl groups excluding tert-OH is 1. The summed E-state index contributed by atoms with van der Waals surface area (Å²) in [5.74, 6) is 1.40. The minimum atomic E-state index is -0.0515. The average Bonchev–Trinajstić information content (AvgIpc) is 3.31. The first-order valence-corrected chi connectivity index (χ1v) is 8.31. The van der Waals surface area contributed by atoms with Crippen LogP contribution in [0.4, 0.5) is 0 Å². The maximum atomic E-state index is 9.97. The molecule has 0 radical (unpaired) electrons. The molecule has 2 aliphatic rings. The van der Waals surface area contributed by atoms with Gasteiger partial charge in [-0.2, -0.15) is 0 Å². The molecule has 1 saturated heterocycles. The van der Waals surface area contributed by atoms with Crippen molar-refractivity contribution >= 4 is 0 Å². The topological polar surface area (TPSA) is 44.7 Å². The molecule has 0 aromatic heterocycles. The first-order chi connectivity index (χ1) is 9.74. The molecule has 1 aliphatic heterocycles. The van der Waals surface area contributed by atoms with Crippen molar-refractivity contribution in [2.24, 2.45) is 11.8 Å². The van der Waals surface area contributed by atoms with Gasteiger partial charge < -0.3 is 20.1 Å². The van der Waals surface area contributed by atoms with E-state index in [1.807, 2.05) is 0 Å². The number of likely N-dealkylation sites (tertiary alicyclic amines) is 1. The average molecular weight is 284 g/mol. The van der Waals surface area contributed by atoms with Crippen molar-refractivity contribution in [3.8, 4) is 0 Å². The third kappa shape index (κ3) is 4.17. The van der Waals surface area contributed by atoms with Crippen LogP contribution in [0.25, 0.3) is 0 Å². The van der Waals surface area contributed by atoms with Crippen molar-refractivity contribution in [3.63, 3.8) is 0 Å². The Labute approximate surface area is 123 Å². The summed E-state index contributed by atoms with van der Waals surface area (Å²) in [6.07, 6.45) is 6.14. The highest BCUT2D eigenvalue weighted by Crippen LogP contribution is 2.40. The molecule has 0 aromatic carbocycles. The number of hydrogen-bond acceptors (Lipinski definition) is 4. The number of methoxy groups -OCH3 is 1. The summed E-state index contributed by atoms with van der Waals surface area (Å²) in [6, 6.07) is 0. The predicted octanol–water partition coefficient (Wildman–Crippen LogP) is 1.49. The number of nitrogens with one attached hydrogen (secondary N) is 1. The number of piperidine rings is 1. The fourth-order valence-electron chi connectivity index (χ4n) is 3.52. The Hall–Kier alpha value is -0.160. The summed E-state index contributed by atoms with van der Waals surface area (Å²) in [5.41, 5.74) is -0.0515. The largest absolute Gasteiger partial charge is 0.394 e. The van der Waals surface area contributed by atoms with Crippen LogP contribution >= 0.6 is 0 Å². The lowest BCUT2D eigenvalue weighted by Gasteiger charge is -2.41. The highest BCUT2D eigenvalue weighted by molar-refractivity contribution is 5.03. The van der Waals surface area contributed by atoms with Crippen LogP contribution in [0.1, 0.15) is 39.0 Å². The zero-order valence-electron chi connectivity index (χ0n) is 13.2. The monoisotopic (exact) mass is 284 g/mol. The summed E-state index contributed by atoms with van der Waals surface area (Å²) in [7, 11) is 1.80. The van der Waals surface area contributed by atoms with E-state index in [0.29, 0.717) is 5.92 Å². The number of hydrogen-bond donors (Lipinski definition) is 2. The fraction of sp³-hybridized carbons (Fsp3) is 1.00. The molecule has 20 heavy (non-hydrogen) atoms. The van der Waals surface area contributed by atoms with E-state index in [1.165, 1.54) is 25.7 Å². The third-order valence-corrected chi connectivity index (χ3v) is 4.98. The molecule has 1 aliphatic carbocycles. The van der Waals surface area contributed by atoms with E-state index in [1.54, 1.807) is 7.11 Å². The molecular formula is C16H32N2O2. The SMILES string of the molecule is CCCNC(CO)(CN1CCC(COC)CC1)C1CC1. The maximum Gasteiger partial charge on any atom is 0.0628 e. The fourth-order valence-corrected chi connectivity index (χ4v) is 3.52. The lowest BCUT2D eigenvalue weighted by Crippen LogP contribution is -2.59. The molecule has 0 spiro atoms. The summed E-state index contributed by atoms with van der Waals surface area (Å²) in [4.78, 5) is 2.54. The highest BCUT2D eigenvalue weighted by Gasteiger charge is 2.45. The van der Waals surface area contributed by atoms with Gasteiger partial charge in [-0.05, 0) is 63.6 Å². The Balaban J connectivity index is 1.85. The lowest BCUT2D eigenvalue weighted by molar-refractivity contribution is 0.0559. The van der Waals surface area contributed by atoms with Gasteiger partial charge in [-0.25, -0.2) is 0 Å². The zero-order chi connectivity index (χ0) is 14.4. The van der Waals surface area contributed by atoms with E-state index in [2.05, 4.69) is 17.1 Å². The van der Waals surface area contributed by atoms with Crippen LogP contribution in [0.15, 0.2) is 0 Å². The van der Waals surface area contributed by atoms with Gasteiger partial charge >= 0.3 is 0 Å². The second-order valence-corrected chi connectivity index (χ2v) is 6.69. The summed E-state index contributed by atoms with van der Waals surface area (Å²) < 4.78 is 5.27. The van der Waals surface area contributed by atoms with E-state index in [4.69, 9.17) is 4.74 Å². The Morgan fingerprint density at radius 2 is 1.95 bits per heavy atom. The number of aliphatic hydroxyl groups is 1. The molecule has 4 nitrogen and oxygen atoms in total. The van der Waals surface area contributed by atoms with Crippen molar-refractivity contribution in [1.29, 1.82) is 0 Å². The molecule has 0 amide bonds. The molecule has 1 atom stereocenters. The molecule has 2 N–H and O–H groups in total. The molecule has 4 heteroatoms. The minimum Gasteiger partial charge on any atom is -0.394 e. The van der Waals surface area contributed by atoms with Crippen molar-refractivity contribution < 1.29 is 9.84 Å². The van der Waals surface area contributed by atoms with Crippen molar-refractivity contribution in [2.75, 3.05) is 46.5 Å². The predicted molar refractivity (Wildman–Crippen MR) is 81.9 cm³/mol. The lowest BCUT2D eigenvalue weighted by atomic mass is 9.90. The zero-order valence-corrected chi connectivity index (χ0v) is 13.2. The molecule has 118 valence electrons. The normalized spacial score (nSPS) is 24.8. The summed E-state index contributed by atoms with van der Waals surface area (Å²) >= 11 is 0. The molecule has 1 saturated carbocycles. The van der Waals surface area contributed by atoms with Crippen molar-refractivity contribution in [1.82, 2.24) is 10.2 Å². The highest BCUT2D eigenvalue weighted by atomic mass is 16.5. The minimum absolute atomic E-state index is 0.0515. The van der Waals surface area contributed by atoms with Gasteiger partial charge in [-0.15, -0.1) is 0 Å². The summed E-state index contributed by atoms with van der Waals surface area (Å²) in [5, 5.41) is 13.6. The van der Waals surface area contributed by atoms with Gasteiger partial charge in [0.15, 0.2) is 0 Å². The van der Waals surface area contributed by atoms with Crippen molar-refractivity contribution in [3.05, 3.63) is 0 Å². The Kier molecular flexibility index (Phi) is 6.27. The van der Waals surface area contributed by atoms with Crippen LogP contribution in [-0.2, 0) is 4.74 Å². The Bertz CT molecular complexity index is 276. The third-order valence-electron chi connectivity index (χ3n) is 4.98. The van der Waals surface area contributed by atoms with E-state index >= 15 is 0 Å². The molecular weight excluding hydrogens is 252 g/mol. The molecule has 1 unspecified atom stereocenters. The second-order valence-electron chi connectivity index (χ2n) is 6.69. The number of ether oxygens (including phenoxy) is 1. The van der Waals surface area contributed by atoms with Gasteiger partial charge in [0.2, 0.25) is 0 Å². The molecule has 2 fully saturated rings. The maximum absolute atomic E-state index is 9.97. The van der Waals surface area contributed by atoms with Crippen molar-refractivity contribution in [2.45, 2.75) is 44.6 Å². The van der Waals surface area contributed by atoms with Crippen LogP contribution < -0.4 is 5.32 Å². The quantitative estimate of drug-likeness (QED) is 0.673. The number of nitrogens with zero attached hydrogens (tertiary/aromatic N) is 1. The molecule has 2 rings (SSSR count). The van der Waals surface area contributed by atoms with Crippen LogP contribution in [0.2, 0.25) is 0 Å². The van der Waals surface area contributed by atoms with E-state index in [9.17, 15) is 5.11 Å². The molecule has 1 heterocycles. The summed E-state index contributed by atoms with van der Waals surface area (Å²) in [6.45, 7) is 7.68. The van der Waals surface area contributed by atoms with Gasteiger partial charge in [-0.3, -0.25) is 0 Å². The second kappa shape index (κ2) is 7.74. The van der Waals surface area contributed by atoms with E-state index in [-0.39, 0.29) is 12.1 Å². The van der Waals surface area contributed by atoms with Crippen LogP contribution in [0.5, 0.6) is 0 Å². The van der Waals surface area contributed by atoms with Crippen LogP contribution in [0, 0.1) is 11.8 Å². The van der Waals surface area contributed by atoms with Gasteiger partial charge in [-0.1, -0.05) is 6.92 Å². The first kappa shape index (κ1) is 16.2. The van der Waals surface area contributed by atoms with E-state index in [0.717, 1.165) is 45.1 Å². The smallest absolute Gasteiger partial charge is 0.0628 e. The Morgan fingerprint density at radius 1 is 1.25 bits per heavy atom. The Morgan fingerprint density at radius 3 is 2.45 bits per heavy atom. The standard InChI is InChI=1S/C16H32N2O2/c1-3-8-17-16(13-19,15-4-5-15)12-18-9-6-14(7-10-18)11-20-2/h14-15,17,19H,3-13H2,1-2H3. The van der Waals surface area contributed by atoms with Gasteiger partial charge in [0.1, 0.15) is 0 Å². The number of rotatable bonds is 9. The van der Waals surface area contributed by atoms with Crippen LogP contribution in [0.3, 0.4) is 0 Å². The molecule has 0 bridgehead atoms. The van der Waals surface area contributed by atoms with E-state index < -0.39 is 0 Å².